The van der Waals surface area contributed by atoms with Crippen molar-refractivity contribution in [3.05, 3.63) is 58.2 Å². The molecule has 0 radical (unpaired) electrons. The fourth-order valence-electron chi connectivity index (χ4n) is 2.09. The van der Waals surface area contributed by atoms with Crippen molar-refractivity contribution >= 4 is 22.3 Å². The van der Waals surface area contributed by atoms with Gasteiger partial charge < -0.3 is 9.73 Å². The van der Waals surface area contributed by atoms with Gasteiger partial charge in [-0.25, -0.2) is 4.39 Å². The van der Waals surface area contributed by atoms with Crippen molar-refractivity contribution in [1.82, 2.24) is 5.32 Å². The minimum absolute atomic E-state index is 0.00621. The fraction of sp³-hybridized carbons (Fsp3) is 0.143. The highest BCUT2D eigenvalue weighted by atomic mass is 32.1. The van der Waals surface area contributed by atoms with Gasteiger partial charge in [-0.3, -0.25) is 0 Å². The summed E-state index contributed by atoms with van der Waals surface area (Å²) < 4.78 is 18.9. The van der Waals surface area contributed by atoms with E-state index in [1.165, 1.54) is 12.1 Å². The topological polar surface area (TPSA) is 25.2 Å². The van der Waals surface area contributed by atoms with E-state index in [9.17, 15) is 4.39 Å². The molecule has 1 N–H and O–H groups in total. The summed E-state index contributed by atoms with van der Waals surface area (Å²) in [7, 11) is 1.89. The van der Waals surface area contributed by atoms with Gasteiger partial charge in [0.2, 0.25) is 0 Å². The smallest absolute Gasteiger partial charge is 0.134 e. The molecule has 1 atom stereocenters. The van der Waals surface area contributed by atoms with Crippen LogP contribution in [0.4, 0.5) is 4.39 Å². The van der Waals surface area contributed by atoms with Crippen LogP contribution in [-0.4, -0.2) is 7.05 Å². The zero-order valence-corrected chi connectivity index (χ0v) is 10.6. The average Bonchev–Trinajstić information content (AvgIpc) is 2.98. The van der Waals surface area contributed by atoms with Crippen LogP contribution in [0.25, 0.3) is 11.0 Å². The zero-order valence-electron chi connectivity index (χ0n) is 9.81. The average molecular weight is 261 g/mol. The molecule has 0 saturated heterocycles. The van der Waals surface area contributed by atoms with Crippen LogP contribution in [0.3, 0.4) is 0 Å². The van der Waals surface area contributed by atoms with Gasteiger partial charge in [-0.2, -0.15) is 11.3 Å². The van der Waals surface area contributed by atoms with Gasteiger partial charge in [0.15, 0.2) is 0 Å². The van der Waals surface area contributed by atoms with Gasteiger partial charge in [0, 0.05) is 5.39 Å². The van der Waals surface area contributed by atoms with Crippen LogP contribution in [0.2, 0.25) is 0 Å². The summed E-state index contributed by atoms with van der Waals surface area (Å²) in [4.78, 5) is 0. The number of rotatable bonds is 3. The summed E-state index contributed by atoms with van der Waals surface area (Å²) in [5.41, 5.74) is 1.86. The first-order chi connectivity index (χ1) is 8.78. The second-order valence-corrected chi connectivity index (χ2v) is 4.89. The molecule has 2 nitrogen and oxygen atoms in total. The molecule has 0 aliphatic carbocycles. The Hall–Kier alpha value is -1.65. The van der Waals surface area contributed by atoms with Gasteiger partial charge in [0.05, 0.1) is 6.04 Å². The molecule has 92 valence electrons. The second kappa shape index (κ2) is 4.55. The normalized spacial score (nSPS) is 13.0. The zero-order chi connectivity index (χ0) is 12.5. The van der Waals surface area contributed by atoms with E-state index in [0.29, 0.717) is 5.58 Å². The minimum atomic E-state index is -0.244. The first-order valence-corrected chi connectivity index (χ1v) is 6.60. The van der Waals surface area contributed by atoms with Crippen LogP contribution in [0.15, 0.2) is 45.5 Å². The lowest BCUT2D eigenvalue weighted by Crippen LogP contribution is -2.16. The Bertz CT molecular complexity index is 660. The van der Waals surface area contributed by atoms with E-state index in [-0.39, 0.29) is 11.9 Å². The maximum atomic E-state index is 13.1. The molecule has 18 heavy (non-hydrogen) atoms. The molecule has 0 bridgehead atoms. The molecule has 0 aliphatic rings. The minimum Gasteiger partial charge on any atom is -0.459 e. The van der Waals surface area contributed by atoms with E-state index in [2.05, 4.69) is 16.8 Å². The number of hydrogen-bond acceptors (Lipinski definition) is 3. The maximum absolute atomic E-state index is 13.1. The fourth-order valence-corrected chi connectivity index (χ4v) is 2.78. The highest BCUT2D eigenvalue weighted by Crippen LogP contribution is 2.29. The Balaban J connectivity index is 2.07. The van der Waals surface area contributed by atoms with Crippen LogP contribution < -0.4 is 5.32 Å². The molecule has 4 heteroatoms. The summed E-state index contributed by atoms with van der Waals surface area (Å²) in [6, 6.07) is 8.51. The molecule has 1 unspecified atom stereocenters. The summed E-state index contributed by atoms with van der Waals surface area (Å²) in [6.45, 7) is 0. The monoisotopic (exact) mass is 261 g/mol. The Morgan fingerprint density at radius 1 is 1.28 bits per heavy atom. The van der Waals surface area contributed by atoms with Gasteiger partial charge in [-0.05, 0) is 53.7 Å². The summed E-state index contributed by atoms with van der Waals surface area (Å²) in [5, 5.41) is 8.12. The molecule has 2 aromatic heterocycles. The van der Waals surface area contributed by atoms with E-state index in [1.807, 2.05) is 18.5 Å². The molecule has 1 aromatic carbocycles. The quantitative estimate of drug-likeness (QED) is 0.772. The van der Waals surface area contributed by atoms with Gasteiger partial charge >= 0.3 is 0 Å². The number of benzene rings is 1. The number of fused-ring (bicyclic) bond motifs is 1. The van der Waals surface area contributed by atoms with Crippen molar-refractivity contribution in [2.24, 2.45) is 0 Å². The number of thiophene rings is 1. The largest absolute Gasteiger partial charge is 0.459 e. The molecular weight excluding hydrogens is 249 g/mol. The first kappa shape index (κ1) is 11.4. The maximum Gasteiger partial charge on any atom is 0.134 e. The van der Waals surface area contributed by atoms with Crippen molar-refractivity contribution in [3.8, 4) is 0 Å². The standard InChI is InChI=1S/C14H12FNOS/c1-16-14(9-4-5-18-8-9)13-7-10-6-11(15)2-3-12(10)17-13/h2-8,14,16H,1H3. The van der Waals surface area contributed by atoms with Crippen molar-refractivity contribution in [2.75, 3.05) is 7.05 Å². The molecule has 3 aromatic rings. The van der Waals surface area contributed by atoms with Gasteiger partial charge in [0.1, 0.15) is 17.2 Å². The molecule has 0 saturated carbocycles. The highest BCUT2D eigenvalue weighted by molar-refractivity contribution is 7.08. The van der Waals surface area contributed by atoms with Crippen LogP contribution >= 0.6 is 11.3 Å². The van der Waals surface area contributed by atoms with Crippen molar-refractivity contribution in [3.63, 3.8) is 0 Å². The molecule has 0 aliphatic heterocycles. The Labute approximate surface area is 108 Å². The molecule has 0 fully saturated rings. The van der Waals surface area contributed by atoms with Crippen LogP contribution in [0, 0.1) is 5.82 Å². The Morgan fingerprint density at radius 3 is 2.89 bits per heavy atom. The number of hydrogen-bond donors (Lipinski definition) is 1. The van der Waals surface area contributed by atoms with Crippen LogP contribution in [-0.2, 0) is 0 Å². The van der Waals surface area contributed by atoms with E-state index in [1.54, 1.807) is 17.4 Å². The number of halogens is 1. The number of nitrogens with one attached hydrogen (secondary N) is 1. The van der Waals surface area contributed by atoms with E-state index < -0.39 is 0 Å². The molecule has 3 rings (SSSR count). The molecule has 0 amide bonds. The van der Waals surface area contributed by atoms with E-state index in [0.717, 1.165) is 16.7 Å². The van der Waals surface area contributed by atoms with Gasteiger partial charge in [0.25, 0.3) is 0 Å². The van der Waals surface area contributed by atoms with Crippen LogP contribution in [0.1, 0.15) is 17.4 Å². The molecule has 0 spiro atoms. The highest BCUT2D eigenvalue weighted by Gasteiger charge is 2.17. The van der Waals surface area contributed by atoms with Crippen LogP contribution in [0.5, 0.6) is 0 Å². The lowest BCUT2D eigenvalue weighted by atomic mass is 10.1. The van der Waals surface area contributed by atoms with Crippen molar-refractivity contribution < 1.29 is 8.81 Å². The third-order valence-corrected chi connectivity index (χ3v) is 3.65. The SMILES string of the molecule is CNC(c1ccsc1)c1cc2cc(F)ccc2o1. The lowest BCUT2D eigenvalue weighted by molar-refractivity contribution is 0.492. The second-order valence-electron chi connectivity index (χ2n) is 4.11. The molecular formula is C14H12FNOS. The number of furan rings is 1. The van der Waals surface area contributed by atoms with E-state index >= 15 is 0 Å². The van der Waals surface area contributed by atoms with Gasteiger partial charge in [-0.1, -0.05) is 0 Å². The molecule has 2 heterocycles. The third-order valence-electron chi connectivity index (χ3n) is 2.95. The Kier molecular flexibility index (Phi) is 2.89. The lowest BCUT2D eigenvalue weighted by Gasteiger charge is -2.11. The van der Waals surface area contributed by atoms with E-state index in [4.69, 9.17) is 4.42 Å². The predicted octanol–water partition coefficient (Wildman–Crippen LogP) is 3.94. The van der Waals surface area contributed by atoms with Crippen molar-refractivity contribution in [2.45, 2.75) is 6.04 Å². The first-order valence-electron chi connectivity index (χ1n) is 5.66. The Morgan fingerprint density at radius 2 is 2.17 bits per heavy atom. The predicted molar refractivity (Wildman–Crippen MR) is 71.4 cm³/mol. The third kappa shape index (κ3) is 1.94. The summed E-state index contributed by atoms with van der Waals surface area (Å²) >= 11 is 1.65. The summed E-state index contributed by atoms with van der Waals surface area (Å²) in [6.07, 6.45) is 0. The van der Waals surface area contributed by atoms with Crippen molar-refractivity contribution in [1.29, 1.82) is 0 Å². The van der Waals surface area contributed by atoms with Gasteiger partial charge in [-0.15, -0.1) is 0 Å². The summed E-state index contributed by atoms with van der Waals surface area (Å²) in [5.74, 6) is 0.558.